The summed E-state index contributed by atoms with van der Waals surface area (Å²) in [5, 5.41) is 5.60. The van der Waals surface area contributed by atoms with E-state index in [9.17, 15) is 4.79 Å². The molecule has 0 saturated carbocycles. The zero-order valence-electron chi connectivity index (χ0n) is 11.1. The maximum atomic E-state index is 12.2. The molecule has 0 aromatic heterocycles. The maximum Gasteiger partial charge on any atom is 0.188 e. The van der Waals surface area contributed by atoms with E-state index in [4.69, 9.17) is 0 Å². The van der Waals surface area contributed by atoms with Gasteiger partial charge in [0.15, 0.2) is 5.78 Å². The molecule has 0 unspecified atom stereocenters. The normalized spacial score (nSPS) is 13.0. The van der Waals surface area contributed by atoms with E-state index in [-0.39, 0.29) is 5.78 Å². The van der Waals surface area contributed by atoms with Crippen molar-refractivity contribution in [1.29, 1.82) is 0 Å². The van der Waals surface area contributed by atoms with Crippen molar-refractivity contribution in [3.8, 4) is 0 Å². The maximum absolute atomic E-state index is 12.2. The number of ketones is 1. The van der Waals surface area contributed by atoms with E-state index in [1.54, 1.807) is 6.08 Å². The van der Waals surface area contributed by atoms with Crippen LogP contribution in [0.4, 0.5) is 5.69 Å². The summed E-state index contributed by atoms with van der Waals surface area (Å²) in [5.74, 6) is 0.100. The average molecular weight is 251 g/mol. The SMILES string of the molecule is CCCCNc1ccc2cccc3c2c1C(=O)C=C3. The summed E-state index contributed by atoms with van der Waals surface area (Å²) >= 11 is 0. The van der Waals surface area contributed by atoms with Crippen LogP contribution in [0, 0.1) is 0 Å². The number of benzene rings is 2. The van der Waals surface area contributed by atoms with Crippen LogP contribution < -0.4 is 5.32 Å². The first-order valence-corrected chi connectivity index (χ1v) is 6.83. The fourth-order valence-corrected chi connectivity index (χ4v) is 2.60. The molecule has 0 atom stereocenters. The van der Waals surface area contributed by atoms with Crippen molar-refractivity contribution in [3.05, 3.63) is 47.5 Å². The summed E-state index contributed by atoms with van der Waals surface area (Å²) < 4.78 is 0. The van der Waals surface area contributed by atoms with Gasteiger partial charge in [-0.15, -0.1) is 0 Å². The summed E-state index contributed by atoms with van der Waals surface area (Å²) in [4.78, 5) is 12.2. The highest BCUT2D eigenvalue weighted by Gasteiger charge is 2.18. The van der Waals surface area contributed by atoms with Gasteiger partial charge in [0.1, 0.15) is 0 Å². The predicted molar refractivity (Wildman–Crippen MR) is 80.7 cm³/mol. The van der Waals surface area contributed by atoms with Crippen LogP contribution in [0.1, 0.15) is 35.7 Å². The predicted octanol–water partition coefficient (Wildman–Crippen LogP) is 4.26. The third-order valence-corrected chi connectivity index (χ3v) is 3.58. The van der Waals surface area contributed by atoms with Crippen LogP contribution >= 0.6 is 0 Å². The molecule has 2 aromatic rings. The molecule has 1 N–H and O–H groups in total. The Labute approximate surface area is 113 Å². The Hall–Kier alpha value is -2.09. The molecule has 2 nitrogen and oxygen atoms in total. The summed E-state index contributed by atoms with van der Waals surface area (Å²) in [6, 6.07) is 10.3. The molecular weight excluding hydrogens is 234 g/mol. The van der Waals surface area contributed by atoms with Gasteiger partial charge in [-0.2, -0.15) is 0 Å². The lowest BCUT2D eigenvalue weighted by Crippen LogP contribution is -2.09. The third kappa shape index (κ3) is 2.03. The molecule has 1 aliphatic carbocycles. The van der Waals surface area contributed by atoms with E-state index < -0.39 is 0 Å². The molecular formula is C17H17NO. The van der Waals surface area contributed by atoms with Gasteiger partial charge in [-0.1, -0.05) is 43.7 Å². The molecule has 0 fully saturated rings. The van der Waals surface area contributed by atoms with E-state index in [2.05, 4.69) is 30.4 Å². The van der Waals surface area contributed by atoms with E-state index >= 15 is 0 Å². The average Bonchev–Trinajstić information content (AvgIpc) is 2.44. The first-order valence-electron chi connectivity index (χ1n) is 6.83. The van der Waals surface area contributed by atoms with Crippen LogP contribution in [0.3, 0.4) is 0 Å². The molecule has 2 aromatic carbocycles. The van der Waals surface area contributed by atoms with Crippen molar-refractivity contribution >= 4 is 28.3 Å². The van der Waals surface area contributed by atoms with Gasteiger partial charge in [0.05, 0.1) is 5.56 Å². The molecule has 0 bridgehead atoms. The van der Waals surface area contributed by atoms with Crippen molar-refractivity contribution in [2.75, 3.05) is 11.9 Å². The highest BCUT2D eigenvalue weighted by Crippen LogP contribution is 2.33. The number of anilines is 1. The lowest BCUT2D eigenvalue weighted by atomic mass is 9.91. The first kappa shape index (κ1) is 12.0. The van der Waals surface area contributed by atoms with Gasteiger partial charge in [0, 0.05) is 17.6 Å². The molecule has 0 radical (unpaired) electrons. The molecule has 0 spiro atoms. The zero-order chi connectivity index (χ0) is 13.2. The van der Waals surface area contributed by atoms with Gasteiger partial charge in [0.25, 0.3) is 0 Å². The highest BCUT2D eigenvalue weighted by atomic mass is 16.1. The second-order valence-electron chi connectivity index (χ2n) is 4.91. The molecule has 2 heteroatoms. The lowest BCUT2D eigenvalue weighted by Gasteiger charge is -2.17. The van der Waals surface area contributed by atoms with E-state index in [1.165, 1.54) is 0 Å². The van der Waals surface area contributed by atoms with Crippen molar-refractivity contribution in [1.82, 2.24) is 0 Å². The fourth-order valence-electron chi connectivity index (χ4n) is 2.60. The molecule has 0 saturated heterocycles. The van der Waals surface area contributed by atoms with Crippen molar-refractivity contribution in [2.45, 2.75) is 19.8 Å². The van der Waals surface area contributed by atoms with Gasteiger partial charge in [-0.05, 0) is 29.5 Å². The Balaban J connectivity index is 2.14. The quantitative estimate of drug-likeness (QED) is 0.822. The Morgan fingerprint density at radius 1 is 1.11 bits per heavy atom. The van der Waals surface area contributed by atoms with E-state index in [0.717, 1.165) is 47.0 Å². The second-order valence-corrected chi connectivity index (χ2v) is 4.91. The highest BCUT2D eigenvalue weighted by molar-refractivity contribution is 6.23. The Kier molecular flexibility index (Phi) is 3.08. The topological polar surface area (TPSA) is 29.1 Å². The Bertz CT molecular complexity index is 670. The van der Waals surface area contributed by atoms with Crippen LogP contribution in [0.25, 0.3) is 16.8 Å². The Morgan fingerprint density at radius 2 is 2.00 bits per heavy atom. The van der Waals surface area contributed by atoms with Gasteiger partial charge in [0.2, 0.25) is 0 Å². The summed E-state index contributed by atoms with van der Waals surface area (Å²) in [6.45, 7) is 3.08. The van der Waals surface area contributed by atoms with E-state index in [0.29, 0.717) is 0 Å². The zero-order valence-corrected chi connectivity index (χ0v) is 11.1. The van der Waals surface area contributed by atoms with Crippen LogP contribution in [-0.2, 0) is 0 Å². The lowest BCUT2D eigenvalue weighted by molar-refractivity contribution is 0.104. The standard InChI is InChI=1S/C17H17NO/c1-2-3-11-18-14-9-7-12-5-4-6-13-8-10-15(19)17(14)16(12)13/h4-10,18H,2-3,11H2,1H3. The molecule has 1 aliphatic rings. The molecule has 0 amide bonds. The summed E-state index contributed by atoms with van der Waals surface area (Å²) in [5.41, 5.74) is 2.92. The minimum atomic E-state index is 0.100. The summed E-state index contributed by atoms with van der Waals surface area (Å²) in [7, 11) is 0. The molecule has 96 valence electrons. The van der Waals surface area contributed by atoms with Crippen molar-refractivity contribution in [3.63, 3.8) is 0 Å². The van der Waals surface area contributed by atoms with Gasteiger partial charge < -0.3 is 5.32 Å². The number of nitrogens with one attached hydrogen (secondary N) is 1. The minimum absolute atomic E-state index is 0.100. The smallest absolute Gasteiger partial charge is 0.188 e. The number of hydrogen-bond donors (Lipinski definition) is 1. The second kappa shape index (κ2) is 4.88. The Morgan fingerprint density at radius 3 is 2.84 bits per heavy atom. The molecule has 0 heterocycles. The largest absolute Gasteiger partial charge is 0.384 e. The minimum Gasteiger partial charge on any atom is -0.384 e. The van der Waals surface area contributed by atoms with Crippen LogP contribution in [0.15, 0.2) is 36.4 Å². The van der Waals surface area contributed by atoms with Gasteiger partial charge in [-0.3, -0.25) is 4.79 Å². The van der Waals surface area contributed by atoms with Crippen LogP contribution in [0.5, 0.6) is 0 Å². The summed E-state index contributed by atoms with van der Waals surface area (Å²) in [6.07, 6.45) is 5.84. The van der Waals surface area contributed by atoms with Gasteiger partial charge in [-0.25, -0.2) is 0 Å². The van der Waals surface area contributed by atoms with Crippen LogP contribution in [0.2, 0.25) is 0 Å². The van der Waals surface area contributed by atoms with Crippen LogP contribution in [-0.4, -0.2) is 12.3 Å². The van der Waals surface area contributed by atoms with Gasteiger partial charge >= 0.3 is 0 Å². The number of unbranched alkanes of at least 4 members (excludes halogenated alkanes) is 1. The number of rotatable bonds is 4. The number of carbonyl (C=O) groups excluding carboxylic acids is 1. The fraction of sp³-hybridized carbons (Fsp3) is 0.235. The third-order valence-electron chi connectivity index (χ3n) is 3.58. The number of allylic oxidation sites excluding steroid dienone is 1. The van der Waals surface area contributed by atoms with Crippen molar-refractivity contribution < 1.29 is 4.79 Å². The first-order chi connectivity index (χ1) is 9.31. The molecule has 3 rings (SSSR count). The number of hydrogen-bond acceptors (Lipinski definition) is 2. The molecule has 19 heavy (non-hydrogen) atoms. The number of carbonyl (C=O) groups is 1. The monoisotopic (exact) mass is 251 g/mol. The van der Waals surface area contributed by atoms with Crippen molar-refractivity contribution in [2.24, 2.45) is 0 Å². The van der Waals surface area contributed by atoms with E-state index in [1.807, 2.05) is 18.2 Å². The molecule has 0 aliphatic heterocycles.